The van der Waals surface area contributed by atoms with Crippen LogP contribution in [0.2, 0.25) is 0 Å². The quantitative estimate of drug-likeness (QED) is 0.0271. The third-order valence-electron chi connectivity index (χ3n) is 11.1. The zero-order valence-corrected chi connectivity index (χ0v) is 35.3. The van der Waals surface area contributed by atoms with Crippen molar-refractivity contribution in [2.45, 2.75) is 114 Å². The fraction of sp³-hybridized carbons (Fsp3) is 0.564. The molecule has 0 aromatic carbocycles. The van der Waals surface area contributed by atoms with Crippen molar-refractivity contribution >= 4 is 47.4 Å². The van der Waals surface area contributed by atoms with Crippen LogP contribution < -0.4 is 38.5 Å². The number of carbonyl (C=O) groups excluding carboxylic acids is 6. The number of likely N-dealkylation sites (tertiary alicyclic amines) is 2. The first-order valence-electron chi connectivity index (χ1n) is 20.9. The minimum atomic E-state index is -1.28. The molecule has 2 fully saturated rings. The summed E-state index contributed by atoms with van der Waals surface area (Å²) >= 11 is 0. The SMILES string of the molecule is CC(C)[C@H](N)C(=O)N[C@@H](Cc1cnc[nH]1)C(=O)N[C@@H](CCCN=C(N)N)C(=O)N[C@@H](Cc1cnc[nH]1)C(=O)N1CCC[C@H]1C(=O)N1CCC[C@H]1C(=O)N[C@@H](Cc1cnc[nH]1)C(=O)O. The molecule has 7 atom stereocenters. The van der Waals surface area contributed by atoms with E-state index in [0.717, 1.165) is 0 Å². The molecule has 2 saturated heterocycles. The largest absolute Gasteiger partial charge is 0.480 e. The van der Waals surface area contributed by atoms with Crippen LogP contribution in [0.4, 0.5) is 0 Å². The van der Waals surface area contributed by atoms with Gasteiger partial charge in [-0.15, -0.1) is 0 Å². The van der Waals surface area contributed by atoms with E-state index in [1.807, 2.05) is 0 Å². The Labute approximate surface area is 362 Å². The number of H-pyrrole nitrogens is 3. The van der Waals surface area contributed by atoms with Crippen molar-refractivity contribution in [2.24, 2.45) is 28.1 Å². The molecule has 0 bridgehead atoms. The highest BCUT2D eigenvalue weighted by Gasteiger charge is 2.44. The van der Waals surface area contributed by atoms with Gasteiger partial charge in [0.25, 0.3) is 0 Å². The van der Waals surface area contributed by atoms with Crippen molar-refractivity contribution in [3.05, 3.63) is 54.7 Å². The molecule has 5 heterocycles. The lowest BCUT2D eigenvalue weighted by Crippen LogP contribution is -2.60. The Kier molecular flexibility index (Phi) is 16.7. The normalized spacial score (nSPS) is 18.5. The van der Waals surface area contributed by atoms with Gasteiger partial charge in [0.2, 0.25) is 35.4 Å². The molecule has 63 heavy (non-hydrogen) atoms. The van der Waals surface area contributed by atoms with Crippen LogP contribution in [0.15, 0.2) is 42.6 Å². The topological polar surface area (TPSA) is 371 Å². The lowest BCUT2D eigenvalue weighted by Gasteiger charge is -2.33. The average Bonchev–Trinajstić information content (AvgIpc) is 4.11. The van der Waals surface area contributed by atoms with Crippen LogP contribution in [0.3, 0.4) is 0 Å². The Hall–Kier alpha value is -6.85. The van der Waals surface area contributed by atoms with Gasteiger partial charge in [0.15, 0.2) is 5.96 Å². The Bertz CT molecular complexity index is 2040. The number of nitrogens with zero attached hydrogens (tertiary/aromatic N) is 6. The van der Waals surface area contributed by atoms with E-state index >= 15 is 0 Å². The molecule has 2 aliphatic heterocycles. The molecule has 0 unspecified atom stereocenters. The number of nitrogens with two attached hydrogens (primary N) is 3. The summed E-state index contributed by atoms with van der Waals surface area (Å²) in [5.41, 5.74) is 18.6. The van der Waals surface area contributed by atoms with E-state index in [4.69, 9.17) is 17.2 Å². The number of amides is 6. The lowest BCUT2D eigenvalue weighted by atomic mass is 10.0. The number of aliphatic carboxylic acids is 1. The standard InChI is InChI=1S/C39H58N16O8/c1-21(2)31(40)35(59)51-26(12-22-15-43-18-47-22)33(57)50-25(6-3-9-46-39(41)42)32(56)52-27(13-23-16-44-19-48-23)36(60)55-11-5-8-30(55)37(61)54-10-4-7-29(54)34(58)53-28(38(62)63)14-24-17-45-20-49-24/h15-21,25-31H,3-14,40H2,1-2H3,(H,43,47)(H,44,48)(H,45,49)(H,50,57)(H,51,59)(H,52,56)(H,53,58)(H,62,63)(H4,41,42,46)/t25-,26-,27-,28-,29-,30-,31-/m0/s1. The van der Waals surface area contributed by atoms with Gasteiger partial charge < -0.3 is 68.3 Å². The highest BCUT2D eigenvalue weighted by atomic mass is 16.4. The molecule has 0 radical (unpaired) electrons. The van der Waals surface area contributed by atoms with E-state index in [1.165, 1.54) is 47.4 Å². The van der Waals surface area contributed by atoms with Crippen LogP contribution in [0.25, 0.3) is 0 Å². The molecule has 0 spiro atoms. The number of hydrogen-bond donors (Lipinski definition) is 11. The number of rotatable bonds is 22. The fourth-order valence-corrected chi connectivity index (χ4v) is 7.60. The maximum absolute atomic E-state index is 14.6. The summed E-state index contributed by atoms with van der Waals surface area (Å²) < 4.78 is 0. The van der Waals surface area contributed by atoms with E-state index < -0.39 is 83.7 Å². The summed E-state index contributed by atoms with van der Waals surface area (Å²) in [7, 11) is 0. The van der Waals surface area contributed by atoms with Crippen molar-refractivity contribution in [3.8, 4) is 0 Å². The molecule has 0 aliphatic carbocycles. The molecule has 0 saturated carbocycles. The molecule has 6 amide bonds. The van der Waals surface area contributed by atoms with Crippen LogP contribution in [0, 0.1) is 5.92 Å². The van der Waals surface area contributed by atoms with Crippen LogP contribution in [-0.4, -0.2) is 154 Å². The Morgan fingerprint density at radius 2 is 1.24 bits per heavy atom. The number of hydrogen-bond acceptors (Lipinski definition) is 12. The maximum atomic E-state index is 14.6. The third kappa shape index (κ3) is 13.1. The Morgan fingerprint density at radius 3 is 1.78 bits per heavy atom. The molecule has 3 aromatic heterocycles. The number of carboxylic acid groups (broad SMARTS) is 1. The van der Waals surface area contributed by atoms with Gasteiger partial charge in [-0.1, -0.05) is 13.8 Å². The van der Waals surface area contributed by atoms with Gasteiger partial charge in [-0.3, -0.25) is 33.8 Å². The Morgan fingerprint density at radius 1 is 0.730 bits per heavy atom. The summed E-state index contributed by atoms with van der Waals surface area (Å²) in [5, 5.41) is 20.6. The predicted molar refractivity (Wildman–Crippen MR) is 224 cm³/mol. The van der Waals surface area contributed by atoms with Crippen LogP contribution in [0.1, 0.15) is 69.5 Å². The van der Waals surface area contributed by atoms with Gasteiger partial charge in [-0.05, 0) is 44.4 Å². The number of aromatic nitrogens is 6. The zero-order chi connectivity index (χ0) is 45.6. The van der Waals surface area contributed by atoms with Gasteiger partial charge in [0.1, 0.15) is 36.3 Å². The molecule has 342 valence electrons. The molecular formula is C39H58N16O8. The highest BCUT2D eigenvalue weighted by molar-refractivity contribution is 5.97. The molecule has 24 heteroatoms. The molecule has 5 rings (SSSR count). The zero-order valence-electron chi connectivity index (χ0n) is 35.3. The number of aromatic amines is 3. The van der Waals surface area contributed by atoms with E-state index in [2.05, 4.69) is 56.2 Å². The van der Waals surface area contributed by atoms with Crippen molar-refractivity contribution < 1.29 is 38.7 Å². The number of imidazole rings is 3. The Balaban J connectivity index is 1.34. The molecular weight excluding hydrogens is 821 g/mol. The van der Waals surface area contributed by atoms with Crippen LogP contribution in [-0.2, 0) is 52.8 Å². The first-order chi connectivity index (χ1) is 30.1. The van der Waals surface area contributed by atoms with Gasteiger partial charge in [0.05, 0.1) is 25.0 Å². The first kappa shape index (κ1) is 47.2. The van der Waals surface area contributed by atoms with Crippen molar-refractivity contribution in [3.63, 3.8) is 0 Å². The van der Waals surface area contributed by atoms with E-state index in [1.54, 1.807) is 13.8 Å². The second kappa shape index (κ2) is 22.3. The number of carboxylic acids is 1. The first-order valence-corrected chi connectivity index (χ1v) is 20.9. The molecule has 3 aromatic rings. The van der Waals surface area contributed by atoms with Crippen molar-refractivity contribution in [2.75, 3.05) is 19.6 Å². The van der Waals surface area contributed by atoms with Crippen LogP contribution >= 0.6 is 0 Å². The second-order valence-corrected chi connectivity index (χ2v) is 16.0. The fourth-order valence-electron chi connectivity index (χ4n) is 7.60. The van der Waals surface area contributed by atoms with Crippen LogP contribution in [0.5, 0.6) is 0 Å². The van der Waals surface area contributed by atoms with E-state index in [0.29, 0.717) is 36.3 Å². The molecule has 24 nitrogen and oxygen atoms in total. The third-order valence-corrected chi connectivity index (χ3v) is 11.1. The number of nitrogens with one attached hydrogen (secondary N) is 7. The van der Waals surface area contributed by atoms with Gasteiger partial charge in [0, 0.05) is 74.6 Å². The minimum Gasteiger partial charge on any atom is -0.480 e. The summed E-state index contributed by atoms with van der Waals surface area (Å²) in [6.45, 7) is 4.03. The summed E-state index contributed by atoms with van der Waals surface area (Å²) in [6, 6.07) is -7.85. The second-order valence-electron chi connectivity index (χ2n) is 16.0. The number of guanidine groups is 1. The lowest BCUT2D eigenvalue weighted by molar-refractivity contribution is -0.148. The summed E-state index contributed by atoms with van der Waals surface area (Å²) in [4.78, 5) is 123. The van der Waals surface area contributed by atoms with Crippen molar-refractivity contribution in [1.29, 1.82) is 0 Å². The van der Waals surface area contributed by atoms with Gasteiger partial charge >= 0.3 is 5.97 Å². The van der Waals surface area contributed by atoms with Gasteiger partial charge in [-0.2, -0.15) is 0 Å². The molecule has 2 aliphatic rings. The predicted octanol–water partition coefficient (Wildman–Crippen LogP) is -3.07. The van der Waals surface area contributed by atoms with Gasteiger partial charge in [-0.25, -0.2) is 19.7 Å². The van der Waals surface area contributed by atoms with E-state index in [-0.39, 0.29) is 70.0 Å². The maximum Gasteiger partial charge on any atom is 0.326 e. The molecule has 14 N–H and O–H groups in total. The number of carbonyl (C=O) groups is 7. The number of aliphatic imine (C=N–C) groups is 1. The monoisotopic (exact) mass is 878 g/mol. The summed E-state index contributed by atoms with van der Waals surface area (Å²) in [5.74, 6) is -5.38. The average molecular weight is 879 g/mol. The summed E-state index contributed by atoms with van der Waals surface area (Å²) in [6.07, 6.45) is 10.3. The highest BCUT2D eigenvalue weighted by Crippen LogP contribution is 2.26. The van der Waals surface area contributed by atoms with E-state index in [9.17, 15) is 38.7 Å². The van der Waals surface area contributed by atoms with Crippen molar-refractivity contribution in [1.82, 2.24) is 61.0 Å². The minimum absolute atomic E-state index is 0.0130. The smallest absolute Gasteiger partial charge is 0.326 e.